The van der Waals surface area contributed by atoms with Gasteiger partial charge in [0.1, 0.15) is 0 Å². The lowest BCUT2D eigenvalue weighted by atomic mass is 9.93. The van der Waals surface area contributed by atoms with Crippen LogP contribution in [0.25, 0.3) is 0 Å². The molecule has 5 nitrogen and oxygen atoms in total. The Morgan fingerprint density at radius 3 is 2.35 bits per heavy atom. The molecule has 0 bridgehead atoms. The second-order valence-corrected chi connectivity index (χ2v) is 5.70. The molecule has 2 heterocycles. The summed E-state index contributed by atoms with van der Waals surface area (Å²) in [7, 11) is 1.51. The number of carbonyl (C=O) groups is 1. The summed E-state index contributed by atoms with van der Waals surface area (Å²) in [5.41, 5.74) is -0.252. The lowest BCUT2D eigenvalue weighted by Crippen LogP contribution is -2.50. The van der Waals surface area contributed by atoms with Crippen molar-refractivity contribution in [2.45, 2.75) is 45.1 Å². The van der Waals surface area contributed by atoms with Gasteiger partial charge in [-0.1, -0.05) is 12.8 Å². The van der Waals surface area contributed by atoms with Crippen molar-refractivity contribution in [2.24, 2.45) is 0 Å². The normalized spacial score (nSPS) is 17.6. The largest absolute Gasteiger partial charge is 0.479 e. The highest BCUT2D eigenvalue weighted by Gasteiger charge is 2.37. The van der Waals surface area contributed by atoms with Crippen LogP contribution in [0.2, 0.25) is 0 Å². The Bertz CT molecular complexity index is 466. The first-order valence-corrected chi connectivity index (χ1v) is 7.22. The molecule has 1 aromatic heterocycles. The zero-order valence-corrected chi connectivity index (χ0v) is 12.6. The zero-order valence-electron chi connectivity index (χ0n) is 12.6. The molecule has 0 unspecified atom stereocenters. The second-order valence-electron chi connectivity index (χ2n) is 5.70. The van der Waals surface area contributed by atoms with Gasteiger partial charge in [0.25, 0.3) is 0 Å². The Morgan fingerprint density at radius 2 is 1.75 bits per heavy atom. The Kier molecular flexibility index (Phi) is 4.70. The summed E-state index contributed by atoms with van der Waals surface area (Å²) >= 11 is 0. The molecule has 0 amide bonds. The molecule has 1 aliphatic heterocycles. The number of rotatable bonds is 4. The molecule has 0 aliphatic carbocycles. The smallest absolute Gasteiger partial charge is 0.243 e. The Balaban J connectivity index is 2.25. The van der Waals surface area contributed by atoms with Crippen LogP contribution in [0.15, 0.2) is 12.4 Å². The summed E-state index contributed by atoms with van der Waals surface area (Å²) in [4.78, 5) is 23.3. The van der Waals surface area contributed by atoms with Crippen LogP contribution in [-0.4, -0.2) is 46.4 Å². The van der Waals surface area contributed by atoms with E-state index in [0.29, 0.717) is 11.6 Å². The van der Waals surface area contributed by atoms with Gasteiger partial charge < -0.3 is 4.74 Å². The summed E-state index contributed by atoms with van der Waals surface area (Å²) < 4.78 is 5.16. The molecule has 1 aromatic rings. The van der Waals surface area contributed by atoms with Crippen LogP contribution < -0.4 is 4.74 Å². The van der Waals surface area contributed by atoms with Crippen LogP contribution in [0, 0.1) is 0 Å². The van der Waals surface area contributed by atoms with Gasteiger partial charge in [-0.2, -0.15) is 0 Å². The molecular formula is C15H23N3O2. The van der Waals surface area contributed by atoms with Crippen LogP contribution in [0.3, 0.4) is 0 Å². The summed E-state index contributed by atoms with van der Waals surface area (Å²) in [5, 5.41) is 0. The third kappa shape index (κ3) is 2.98. The molecule has 5 heteroatoms. The fourth-order valence-electron chi connectivity index (χ4n) is 2.69. The van der Waals surface area contributed by atoms with E-state index in [1.807, 2.05) is 13.8 Å². The van der Waals surface area contributed by atoms with E-state index in [1.54, 1.807) is 0 Å². The van der Waals surface area contributed by atoms with Crippen molar-refractivity contribution in [3.63, 3.8) is 0 Å². The van der Waals surface area contributed by atoms with Crippen molar-refractivity contribution in [3.05, 3.63) is 18.1 Å². The number of nitrogens with zero attached hydrogens (tertiary/aromatic N) is 3. The number of hydrogen-bond acceptors (Lipinski definition) is 5. The lowest BCUT2D eigenvalue weighted by Gasteiger charge is -2.36. The number of Topliss-reactive ketones (excluding diaryl/α,β-unsaturated/α-hetero) is 1. The van der Waals surface area contributed by atoms with Crippen molar-refractivity contribution >= 4 is 5.78 Å². The minimum Gasteiger partial charge on any atom is -0.479 e. The number of methoxy groups -OCH3 is 1. The maximum absolute atomic E-state index is 12.8. The molecule has 1 fully saturated rings. The van der Waals surface area contributed by atoms with Gasteiger partial charge in [-0.05, 0) is 39.8 Å². The molecule has 0 radical (unpaired) electrons. The summed E-state index contributed by atoms with van der Waals surface area (Å²) in [6.45, 7) is 5.85. The molecule has 0 atom stereocenters. The Labute approximate surface area is 120 Å². The van der Waals surface area contributed by atoms with E-state index in [4.69, 9.17) is 4.74 Å². The zero-order chi connectivity index (χ0) is 14.6. The fourth-order valence-corrected chi connectivity index (χ4v) is 2.69. The quantitative estimate of drug-likeness (QED) is 0.791. The molecule has 110 valence electrons. The van der Waals surface area contributed by atoms with Gasteiger partial charge in [0.05, 0.1) is 12.6 Å². The van der Waals surface area contributed by atoms with Crippen LogP contribution in [0.5, 0.6) is 5.88 Å². The van der Waals surface area contributed by atoms with E-state index < -0.39 is 5.54 Å². The Morgan fingerprint density at radius 1 is 1.15 bits per heavy atom. The van der Waals surface area contributed by atoms with E-state index in [1.165, 1.54) is 32.3 Å². The molecule has 20 heavy (non-hydrogen) atoms. The van der Waals surface area contributed by atoms with Gasteiger partial charge in [-0.15, -0.1) is 0 Å². The van der Waals surface area contributed by atoms with Crippen molar-refractivity contribution in [2.75, 3.05) is 20.2 Å². The molecule has 0 saturated carbocycles. The first-order valence-electron chi connectivity index (χ1n) is 7.22. The molecule has 1 saturated heterocycles. The number of ether oxygens (including phenoxy) is 1. The van der Waals surface area contributed by atoms with Gasteiger partial charge in [-0.25, -0.2) is 9.97 Å². The van der Waals surface area contributed by atoms with Gasteiger partial charge in [-0.3, -0.25) is 9.69 Å². The summed E-state index contributed by atoms with van der Waals surface area (Å²) in [5.74, 6) is 0.282. The molecular weight excluding hydrogens is 254 g/mol. The van der Waals surface area contributed by atoms with E-state index in [9.17, 15) is 4.79 Å². The molecule has 1 aliphatic rings. The standard InChI is InChI=1S/C15H23N3O2/c1-15(2,18-10-6-4-5-7-11-18)13(19)12-14(20-3)17-9-8-16-12/h8-9H,4-7,10-11H2,1-3H3. The molecule has 2 rings (SSSR count). The van der Waals surface area contributed by atoms with E-state index in [2.05, 4.69) is 14.9 Å². The fraction of sp³-hybridized carbons (Fsp3) is 0.667. The van der Waals surface area contributed by atoms with E-state index in [-0.39, 0.29) is 5.78 Å². The maximum Gasteiger partial charge on any atom is 0.243 e. The van der Waals surface area contributed by atoms with Gasteiger partial charge in [0.15, 0.2) is 5.69 Å². The van der Waals surface area contributed by atoms with Crippen molar-refractivity contribution in [1.82, 2.24) is 14.9 Å². The van der Waals surface area contributed by atoms with Crippen LogP contribution >= 0.6 is 0 Å². The number of likely N-dealkylation sites (tertiary alicyclic amines) is 1. The summed E-state index contributed by atoms with van der Waals surface area (Å²) in [6, 6.07) is 0. The van der Waals surface area contributed by atoms with Gasteiger partial charge in [0, 0.05) is 12.4 Å². The topological polar surface area (TPSA) is 55.3 Å². The first-order chi connectivity index (χ1) is 9.57. The SMILES string of the molecule is COc1nccnc1C(=O)C(C)(C)N1CCCCCC1. The van der Waals surface area contributed by atoms with Crippen LogP contribution in [0.4, 0.5) is 0 Å². The van der Waals surface area contributed by atoms with Crippen LogP contribution in [-0.2, 0) is 0 Å². The second kappa shape index (κ2) is 6.31. The van der Waals surface area contributed by atoms with E-state index >= 15 is 0 Å². The predicted octanol–water partition coefficient (Wildman–Crippen LogP) is 2.32. The van der Waals surface area contributed by atoms with Gasteiger partial charge >= 0.3 is 0 Å². The van der Waals surface area contributed by atoms with Crippen molar-refractivity contribution < 1.29 is 9.53 Å². The predicted molar refractivity (Wildman–Crippen MR) is 77.0 cm³/mol. The third-order valence-electron chi connectivity index (χ3n) is 4.03. The monoisotopic (exact) mass is 277 g/mol. The minimum atomic E-state index is -0.576. The first kappa shape index (κ1) is 14.9. The van der Waals surface area contributed by atoms with Crippen LogP contribution in [0.1, 0.15) is 50.0 Å². The number of hydrogen-bond donors (Lipinski definition) is 0. The minimum absolute atomic E-state index is 0.0237. The van der Waals surface area contributed by atoms with Gasteiger partial charge in [0.2, 0.25) is 11.7 Å². The highest BCUT2D eigenvalue weighted by Crippen LogP contribution is 2.26. The molecule has 0 aromatic carbocycles. The number of ketones is 1. The average Bonchev–Trinajstić information content (AvgIpc) is 2.76. The van der Waals surface area contributed by atoms with Crippen molar-refractivity contribution in [1.29, 1.82) is 0 Å². The lowest BCUT2D eigenvalue weighted by molar-refractivity contribution is 0.0640. The van der Waals surface area contributed by atoms with E-state index in [0.717, 1.165) is 25.9 Å². The third-order valence-corrected chi connectivity index (χ3v) is 4.03. The molecule has 0 spiro atoms. The maximum atomic E-state index is 12.8. The molecule has 0 N–H and O–H groups in total. The highest BCUT2D eigenvalue weighted by atomic mass is 16.5. The number of carbonyl (C=O) groups excluding carboxylic acids is 1. The number of aromatic nitrogens is 2. The Hall–Kier alpha value is -1.49. The highest BCUT2D eigenvalue weighted by molar-refractivity contribution is 6.02. The summed E-state index contributed by atoms with van der Waals surface area (Å²) in [6.07, 6.45) is 7.86. The average molecular weight is 277 g/mol. The van der Waals surface area contributed by atoms with Crippen molar-refractivity contribution in [3.8, 4) is 5.88 Å².